The number of nitrogens with zero attached hydrogens (tertiary/aromatic N) is 2. The van der Waals surface area contributed by atoms with Gasteiger partial charge in [0.2, 0.25) is 0 Å². The second-order valence-corrected chi connectivity index (χ2v) is 6.40. The molecule has 1 amide bonds. The molecule has 0 unspecified atom stereocenters. The molecular weight excluding hydrogens is 347 g/mol. The lowest BCUT2D eigenvalue weighted by molar-refractivity contribution is 0.0620. The number of amides is 1. The molecule has 0 saturated carbocycles. The minimum atomic E-state index is -0.383. The molecular formula is C21H25FN2O3. The number of ether oxygens (including phenoxy) is 2. The monoisotopic (exact) mass is 372 g/mol. The number of hydrogen-bond acceptors (Lipinski definition) is 4. The standard InChI is InChI=1S/C21H25FN2O3/c1-2-26-19-6-8-20(9-7-19)27-15-14-23-10-12-24(13-11-23)21(25)17-4-3-5-18(22)16-17/h3-9,16H,2,10-15H2,1H3. The first-order chi connectivity index (χ1) is 13.2. The van der Waals surface area contributed by atoms with Crippen LogP contribution in [0.3, 0.4) is 0 Å². The Morgan fingerprint density at radius 3 is 2.30 bits per heavy atom. The van der Waals surface area contributed by atoms with Crippen molar-refractivity contribution in [3.8, 4) is 11.5 Å². The highest BCUT2D eigenvalue weighted by Gasteiger charge is 2.22. The molecule has 6 heteroatoms. The number of carbonyl (C=O) groups excluding carboxylic acids is 1. The molecule has 1 heterocycles. The van der Waals surface area contributed by atoms with Crippen molar-refractivity contribution in [3.63, 3.8) is 0 Å². The Morgan fingerprint density at radius 1 is 1.00 bits per heavy atom. The SMILES string of the molecule is CCOc1ccc(OCCN2CCN(C(=O)c3cccc(F)c3)CC2)cc1. The normalized spacial score (nSPS) is 14.8. The summed E-state index contributed by atoms with van der Waals surface area (Å²) in [4.78, 5) is 16.5. The van der Waals surface area contributed by atoms with Crippen LogP contribution >= 0.6 is 0 Å². The van der Waals surface area contributed by atoms with E-state index in [-0.39, 0.29) is 11.7 Å². The van der Waals surface area contributed by atoms with Crippen LogP contribution in [0.1, 0.15) is 17.3 Å². The topological polar surface area (TPSA) is 42.0 Å². The summed E-state index contributed by atoms with van der Waals surface area (Å²) in [7, 11) is 0. The maximum absolute atomic E-state index is 13.3. The predicted molar refractivity (Wildman–Crippen MR) is 102 cm³/mol. The predicted octanol–water partition coefficient (Wildman–Crippen LogP) is 3.06. The fourth-order valence-corrected chi connectivity index (χ4v) is 3.07. The van der Waals surface area contributed by atoms with E-state index in [9.17, 15) is 9.18 Å². The van der Waals surface area contributed by atoms with Gasteiger partial charge in [0.05, 0.1) is 6.61 Å². The van der Waals surface area contributed by atoms with E-state index in [0.29, 0.717) is 31.9 Å². The van der Waals surface area contributed by atoms with Crippen molar-refractivity contribution >= 4 is 5.91 Å². The second-order valence-electron chi connectivity index (χ2n) is 6.40. The number of benzene rings is 2. The first-order valence-electron chi connectivity index (χ1n) is 9.28. The van der Waals surface area contributed by atoms with Crippen molar-refractivity contribution in [1.29, 1.82) is 0 Å². The largest absolute Gasteiger partial charge is 0.494 e. The fourth-order valence-electron chi connectivity index (χ4n) is 3.07. The van der Waals surface area contributed by atoms with Gasteiger partial charge in [-0.25, -0.2) is 4.39 Å². The third kappa shape index (κ3) is 5.44. The molecule has 144 valence electrons. The van der Waals surface area contributed by atoms with Crippen LogP contribution < -0.4 is 9.47 Å². The summed E-state index contributed by atoms with van der Waals surface area (Å²) in [5, 5.41) is 0. The van der Waals surface area contributed by atoms with E-state index < -0.39 is 0 Å². The van der Waals surface area contributed by atoms with Crippen LogP contribution in [0.5, 0.6) is 11.5 Å². The third-order valence-electron chi connectivity index (χ3n) is 4.54. The van der Waals surface area contributed by atoms with Gasteiger partial charge in [0.25, 0.3) is 5.91 Å². The molecule has 1 aliphatic rings. The van der Waals surface area contributed by atoms with E-state index >= 15 is 0 Å². The van der Waals surface area contributed by atoms with E-state index in [4.69, 9.17) is 9.47 Å². The van der Waals surface area contributed by atoms with Gasteiger partial charge in [-0.15, -0.1) is 0 Å². The zero-order valence-electron chi connectivity index (χ0n) is 15.6. The smallest absolute Gasteiger partial charge is 0.254 e. The lowest BCUT2D eigenvalue weighted by Crippen LogP contribution is -2.49. The Labute approximate surface area is 159 Å². The summed E-state index contributed by atoms with van der Waals surface area (Å²) in [6, 6.07) is 13.5. The average Bonchev–Trinajstić information content (AvgIpc) is 2.69. The van der Waals surface area contributed by atoms with Crippen molar-refractivity contribution in [2.75, 3.05) is 45.9 Å². The minimum Gasteiger partial charge on any atom is -0.494 e. The Balaban J connectivity index is 1.40. The number of piperazine rings is 1. The Morgan fingerprint density at radius 2 is 1.67 bits per heavy atom. The maximum Gasteiger partial charge on any atom is 0.254 e. The van der Waals surface area contributed by atoms with Crippen molar-refractivity contribution < 1.29 is 18.7 Å². The summed E-state index contributed by atoms with van der Waals surface area (Å²) in [6.45, 7) is 6.84. The average molecular weight is 372 g/mol. The summed E-state index contributed by atoms with van der Waals surface area (Å²) >= 11 is 0. The van der Waals surface area contributed by atoms with Crippen LogP contribution in [-0.2, 0) is 0 Å². The minimum absolute atomic E-state index is 0.111. The molecule has 0 spiro atoms. The summed E-state index contributed by atoms with van der Waals surface area (Å²) in [5.74, 6) is 1.16. The molecule has 0 aromatic heterocycles. The second kappa shape index (κ2) is 9.37. The molecule has 1 fully saturated rings. The van der Waals surface area contributed by atoms with Crippen molar-refractivity contribution in [1.82, 2.24) is 9.80 Å². The highest BCUT2D eigenvalue weighted by atomic mass is 19.1. The van der Waals surface area contributed by atoms with Crippen LogP contribution in [0.2, 0.25) is 0 Å². The van der Waals surface area contributed by atoms with Gasteiger partial charge in [-0.1, -0.05) is 6.07 Å². The van der Waals surface area contributed by atoms with Crippen molar-refractivity contribution in [3.05, 3.63) is 59.9 Å². The van der Waals surface area contributed by atoms with Gasteiger partial charge in [-0.3, -0.25) is 9.69 Å². The zero-order chi connectivity index (χ0) is 19.1. The van der Waals surface area contributed by atoms with Gasteiger partial charge in [-0.05, 0) is 49.4 Å². The van der Waals surface area contributed by atoms with Gasteiger partial charge in [0.15, 0.2) is 0 Å². The molecule has 0 radical (unpaired) electrons. The number of halogens is 1. The van der Waals surface area contributed by atoms with Gasteiger partial charge >= 0.3 is 0 Å². The van der Waals surface area contributed by atoms with Crippen molar-refractivity contribution in [2.24, 2.45) is 0 Å². The van der Waals surface area contributed by atoms with E-state index in [2.05, 4.69) is 4.90 Å². The van der Waals surface area contributed by atoms with Crippen LogP contribution in [0.25, 0.3) is 0 Å². The molecule has 1 aliphatic heterocycles. The molecule has 0 aliphatic carbocycles. The van der Waals surface area contributed by atoms with Crippen LogP contribution in [0, 0.1) is 5.82 Å². The lowest BCUT2D eigenvalue weighted by Gasteiger charge is -2.34. The van der Waals surface area contributed by atoms with E-state index in [1.54, 1.807) is 17.0 Å². The Kier molecular flexibility index (Phi) is 6.65. The van der Waals surface area contributed by atoms with Gasteiger partial charge in [0, 0.05) is 38.3 Å². The highest BCUT2D eigenvalue weighted by molar-refractivity contribution is 5.94. The fraction of sp³-hybridized carbons (Fsp3) is 0.381. The quantitative estimate of drug-likeness (QED) is 0.749. The van der Waals surface area contributed by atoms with E-state index in [1.165, 1.54) is 12.1 Å². The Bertz CT molecular complexity index is 743. The van der Waals surface area contributed by atoms with Gasteiger partial charge < -0.3 is 14.4 Å². The molecule has 0 N–H and O–H groups in total. The molecule has 3 rings (SSSR count). The summed E-state index contributed by atoms with van der Waals surface area (Å²) in [6.07, 6.45) is 0. The van der Waals surface area contributed by atoms with Crippen LogP contribution in [0.15, 0.2) is 48.5 Å². The third-order valence-corrected chi connectivity index (χ3v) is 4.54. The Hall–Kier alpha value is -2.60. The molecule has 2 aromatic rings. The van der Waals surface area contributed by atoms with Gasteiger partial charge in [-0.2, -0.15) is 0 Å². The number of hydrogen-bond donors (Lipinski definition) is 0. The molecule has 5 nitrogen and oxygen atoms in total. The maximum atomic E-state index is 13.3. The van der Waals surface area contributed by atoms with Gasteiger partial charge in [0.1, 0.15) is 23.9 Å². The molecule has 1 saturated heterocycles. The van der Waals surface area contributed by atoms with Crippen LogP contribution in [-0.4, -0.2) is 61.6 Å². The zero-order valence-corrected chi connectivity index (χ0v) is 15.6. The van der Waals surface area contributed by atoms with Crippen molar-refractivity contribution in [2.45, 2.75) is 6.92 Å². The molecule has 2 aromatic carbocycles. The highest BCUT2D eigenvalue weighted by Crippen LogP contribution is 2.17. The molecule has 0 atom stereocenters. The first kappa shape index (κ1) is 19.2. The summed E-state index contributed by atoms with van der Waals surface area (Å²) < 4.78 is 24.5. The van der Waals surface area contributed by atoms with E-state index in [0.717, 1.165) is 31.1 Å². The molecule has 0 bridgehead atoms. The summed E-state index contributed by atoms with van der Waals surface area (Å²) in [5.41, 5.74) is 0.405. The number of carbonyl (C=O) groups is 1. The van der Waals surface area contributed by atoms with E-state index in [1.807, 2.05) is 31.2 Å². The number of rotatable bonds is 7. The molecule has 27 heavy (non-hydrogen) atoms. The van der Waals surface area contributed by atoms with Crippen LogP contribution in [0.4, 0.5) is 4.39 Å². The first-order valence-corrected chi connectivity index (χ1v) is 9.28. The lowest BCUT2D eigenvalue weighted by atomic mass is 10.1.